The topological polar surface area (TPSA) is 9.72 Å². The number of nitrogens with zero attached hydrogens (tertiary/aromatic N) is 3. The minimum absolute atomic E-state index is 0.823. The molecule has 3 heteroatoms. The van der Waals surface area contributed by atoms with Crippen molar-refractivity contribution in [3.05, 3.63) is 35.4 Å². The molecule has 0 N–H and O–H groups in total. The van der Waals surface area contributed by atoms with Crippen LogP contribution in [0.5, 0.6) is 0 Å². The summed E-state index contributed by atoms with van der Waals surface area (Å²) in [5.74, 6) is 1.76. The molecule has 1 aromatic rings. The highest BCUT2D eigenvalue weighted by Crippen LogP contribution is 2.42. The van der Waals surface area contributed by atoms with Crippen molar-refractivity contribution < 1.29 is 0 Å². The van der Waals surface area contributed by atoms with Gasteiger partial charge in [0.05, 0.1) is 0 Å². The van der Waals surface area contributed by atoms with Gasteiger partial charge in [-0.15, -0.1) is 0 Å². The second-order valence-electron chi connectivity index (χ2n) is 8.36. The van der Waals surface area contributed by atoms with Gasteiger partial charge in [0.1, 0.15) is 0 Å². The molecule has 0 radical (unpaired) electrons. The van der Waals surface area contributed by atoms with Gasteiger partial charge in [0, 0.05) is 39.3 Å². The number of piperazine rings is 1. The van der Waals surface area contributed by atoms with E-state index in [1.54, 1.807) is 5.56 Å². The molecule has 132 valence electrons. The summed E-state index contributed by atoms with van der Waals surface area (Å²) >= 11 is 0. The van der Waals surface area contributed by atoms with E-state index in [-0.39, 0.29) is 0 Å². The van der Waals surface area contributed by atoms with Gasteiger partial charge in [-0.2, -0.15) is 0 Å². The summed E-state index contributed by atoms with van der Waals surface area (Å²) in [7, 11) is 2.24. The minimum atomic E-state index is 0.823. The Morgan fingerprint density at radius 1 is 0.833 bits per heavy atom. The van der Waals surface area contributed by atoms with Gasteiger partial charge < -0.3 is 9.80 Å². The molecular formula is C21H33N3. The molecule has 0 unspecified atom stereocenters. The summed E-state index contributed by atoms with van der Waals surface area (Å²) in [6, 6.07) is 9.56. The van der Waals surface area contributed by atoms with E-state index in [0.717, 1.165) is 18.4 Å². The molecule has 0 aromatic heterocycles. The second kappa shape index (κ2) is 7.55. The first-order valence-electron chi connectivity index (χ1n) is 9.98. The van der Waals surface area contributed by atoms with E-state index in [9.17, 15) is 0 Å². The number of hydrogen-bond acceptors (Lipinski definition) is 3. The van der Waals surface area contributed by atoms with E-state index in [1.165, 1.54) is 77.1 Å². The van der Waals surface area contributed by atoms with Crippen molar-refractivity contribution in [2.45, 2.75) is 38.1 Å². The number of rotatable bonds is 5. The molecule has 2 heterocycles. The van der Waals surface area contributed by atoms with Crippen LogP contribution in [-0.4, -0.2) is 67.6 Å². The molecule has 3 fully saturated rings. The van der Waals surface area contributed by atoms with Gasteiger partial charge in [-0.05, 0) is 68.8 Å². The molecule has 3 nitrogen and oxygen atoms in total. The van der Waals surface area contributed by atoms with Gasteiger partial charge in [0.15, 0.2) is 0 Å². The van der Waals surface area contributed by atoms with Crippen LogP contribution in [0.2, 0.25) is 0 Å². The molecule has 2 aliphatic heterocycles. The van der Waals surface area contributed by atoms with Gasteiger partial charge in [0.25, 0.3) is 0 Å². The SMILES string of the molecule is CN1CCN(C[C@H]2C[C@H](c3ccc(CN4CCCC4)cc3)C2)CC1. The highest BCUT2D eigenvalue weighted by Gasteiger charge is 2.32. The maximum atomic E-state index is 2.68. The average Bonchev–Trinajstić information content (AvgIpc) is 3.06. The summed E-state index contributed by atoms with van der Waals surface area (Å²) in [6.45, 7) is 10.1. The molecule has 24 heavy (non-hydrogen) atoms. The van der Waals surface area contributed by atoms with Crippen LogP contribution in [-0.2, 0) is 6.54 Å². The predicted octanol–water partition coefficient (Wildman–Crippen LogP) is 3.02. The largest absolute Gasteiger partial charge is 0.304 e. The molecule has 2 saturated heterocycles. The first kappa shape index (κ1) is 16.6. The highest BCUT2D eigenvalue weighted by molar-refractivity contribution is 5.27. The maximum Gasteiger partial charge on any atom is 0.0233 e. The van der Waals surface area contributed by atoms with Crippen molar-refractivity contribution in [3.63, 3.8) is 0 Å². The van der Waals surface area contributed by atoms with E-state index < -0.39 is 0 Å². The van der Waals surface area contributed by atoms with E-state index in [1.807, 2.05) is 0 Å². The Hall–Kier alpha value is -0.900. The Kier molecular flexibility index (Phi) is 5.21. The highest BCUT2D eigenvalue weighted by atomic mass is 15.2. The Balaban J connectivity index is 1.21. The van der Waals surface area contributed by atoms with Crippen molar-refractivity contribution >= 4 is 0 Å². The Morgan fingerprint density at radius 2 is 1.50 bits per heavy atom. The standard InChI is InChI=1S/C21H33N3/c1-22-10-12-24(13-11-22)17-19-14-21(15-19)20-6-4-18(5-7-20)16-23-8-2-3-9-23/h4-7,19,21H,2-3,8-17H2,1H3/t19-,21-. The zero-order chi connectivity index (χ0) is 16.4. The van der Waals surface area contributed by atoms with E-state index in [0.29, 0.717) is 0 Å². The summed E-state index contributed by atoms with van der Waals surface area (Å²) < 4.78 is 0. The Bertz CT molecular complexity index is 506. The van der Waals surface area contributed by atoms with E-state index in [4.69, 9.17) is 0 Å². The van der Waals surface area contributed by atoms with Crippen LogP contribution in [0, 0.1) is 5.92 Å². The maximum absolute atomic E-state index is 2.68. The smallest absolute Gasteiger partial charge is 0.0233 e. The normalized spacial score (nSPS) is 29.7. The zero-order valence-corrected chi connectivity index (χ0v) is 15.3. The summed E-state index contributed by atoms with van der Waals surface area (Å²) in [4.78, 5) is 7.72. The first-order chi connectivity index (χ1) is 11.8. The molecule has 0 bridgehead atoms. The van der Waals surface area contributed by atoms with Crippen LogP contribution in [0.3, 0.4) is 0 Å². The Morgan fingerprint density at radius 3 is 2.17 bits per heavy atom. The minimum Gasteiger partial charge on any atom is -0.304 e. The van der Waals surface area contributed by atoms with Crippen LogP contribution in [0.4, 0.5) is 0 Å². The molecule has 0 atom stereocenters. The quantitative estimate of drug-likeness (QED) is 0.823. The fourth-order valence-electron chi connectivity index (χ4n) is 4.65. The van der Waals surface area contributed by atoms with Crippen LogP contribution in [0.25, 0.3) is 0 Å². The monoisotopic (exact) mass is 327 g/mol. The lowest BCUT2D eigenvalue weighted by Gasteiger charge is -2.41. The average molecular weight is 328 g/mol. The van der Waals surface area contributed by atoms with Crippen molar-refractivity contribution in [1.82, 2.24) is 14.7 Å². The number of likely N-dealkylation sites (N-methyl/N-ethyl adjacent to an activating group) is 1. The molecule has 1 saturated carbocycles. The van der Waals surface area contributed by atoms with Gasteiger partial charge in [-0.25, -0.2) is 0 Å². The number of benzene rings is 1. The van der Waals surface area contributed by atoms with Crippen LogP contribution < -0.4 is 0 Å². The lowest BCUT2D eigenvalue weighted by Crippen LogP contribution is -2.47. The zero-order valence-electron chi connectivity index (χ0n) is 15.3. The van der Waals surface area contributed by atoms with E-state index in [2.05, 4.69) is 46.0 Å². The van der Waals surface area contributed by atoms with Crippen LogP contribution in [0.1, 0.15) is 42.7 Å². The van der Waals surface area contributed by atoms with Crippen molar-refractivity contribution in [2.75, 3.05) is 52.9 Å². The van der Waals surface area contributed by atoms with Crippen LogP contribution >= 0.6 is 0 Å². The number of likely N-dealkylation sites (tertiary alicyclic amines) is 1. The molecule has 0 amide bonds. The fourth-order valence-corrected chi connectivity index (χ4v) is 4.65. The van der Waals surface area contributed by atoms with Crippen molar-refractivity contribution in [2.24, 2.45) is 5.92 Å². The lowest BCUT2D eigenvalue weighted by molar-refractivity contribution is 0.106. The summed E-state index contributed by atoms with van der Waals surface area (Å²) in [6.07, 6.45) is 5.57. The molecule has 0 spiro atoms. The molecule has 1 aliphatic carbocycles. The predicted molar refractivity (Wildman–Crippen MR) is 100 cm³/mol. The first-order valence-corrected chi connectivity index (χ1v) is 9.98. The van der Waals surface area contributed by atoms with Crippen molar-refractivity contribution in [3.8, 4) is 0 Å². The van der Waals surface area contributed by atoms with Gasteiger partial charge >= 0.3 is 0 Å². The third-order valence-corrected chi connectivity index (χ3v) is 6.40. The van der Waals surface area contributed by atoms with Crippen LogP contribution in [0.15, 0.2) is 24.3 Å². The molecular weight excluding hydrogens is 294 g/mol. The van der Waals surface area contributed by atoms with E-state index >= 15 is 0 Å². The third kappa shape index (κ3) is 4.01. The van der Waals surface area contributed by atoms with Gasteiger partial charge in [0.2, 0.25) is 0 Å². The fraction of sp³-hybridized carbons (Fsp3) is 0.714. The molecule has 3 aliphatic rings. The van der Waals surface area contributed by atoms with Gasteiger partial charge in [-0.1, -0.05) is 24.3 Å². The molecule has 1 aromatic carbocycles. The lowest BCUT2D eigenvalue weighted by atomic mass is 9.71. The third-order valence-electron chi connectivity index (χ3n) is 6.40. The van der Waals surface area contributed by atoms with Gasteiger partial charge in [-0.3, -0.25) is 4.90 Å². The summed E-state index contributed by atoms with van der Waals surface area (Å²) in [5.41, 5.74) is 3.07. The Labute approximate surface area is 147 Å². The molecule has 4 rings (SSSR count). The van der Waals surface area contributed by atoms with Crippen molar-refractivity contribution in [1.29, 1.82) is 0 Å². The second-order valence-corrected chi connectivity index (χ2v) is 8.36. The summed E-state index contributed by atoms with van der Waals surface area (Å²) in [5, 5.41) is 0. The number of hydrogen-bond donors (Lipinski definition) is 0.